The number of rotatable bonds is 6. The van der Waals surface area contributed by atoms with Crippen LogP contribution >= 0.6 is 27.5 Å². The second-order valence-electron chi connectivity index (χ2n) is 7.01. The Labute approximate surface area is 207 Å². The van der Waals surface area contributed by atoms with Crippen molar-refractivity contribution < 1.29 is 28.2 Å². The lowest BCUT2D eigenvalue weighted by atomic mass is 10.1. The van der Waals surface area contributed by atoms with Gasteiger partial charge in [-0.3, -0.25) is 4.79 Å². The number of carbonyl (C=O) groups excluding carboxylic acids is 1. The van der Waals surface area contributed by atoms with Crippen LogP contribution in [0.4, 0.5) is 0 Å². The Balaban J connectivity index is 1.70. The molecule has 0 saturated heterocycles. The van der Waals surface area contributed by atoms with Crippen molar-refractivity contribution in [2.75, 3.05) is 21.3 Å². The molecule has 3 aromatic carbocycles. The highest BCUT2D eigenvalue weighted by atomic mass is 79.9. The minimum atomic E-state index is -0.680. The Hall–Kier alpha value is -3.49. The SMILES string of the molecule is COc1cc(C(=O)Oc2ccc3c(=O)c(-c4ccccc4Cl)coc3c2)c(Br)c(OC)c1OC. The van der Waals surface area contributed by atoms with Crippen molar-refractivity contribution in [3.63, 3.8) is 0 Å². The summed E-state index contributed by atoms with van der Waals surface area (Å²) < 4.78 is 27.5. The summed E-state index contributed by atoms with van der Waals surface area (Å²) in [5.74, 6) is 0.416. The van der Waals surface area contributed by atoms with Gasteiger partial charge in [-0.1, -0.05) is 29.8 Å². The number of halogens is 2. The normalized spacial score (nSPS) is 10.7. The smallest absolute Gasteiger partial charge is 0.344 e. The summed E-state index contributed by atoms with van der Waals surface area (Å²) in [4.78, 5) is 25.9. The van der Waals surface area contributed by atoms with Crippen LogP contribution in [0.25, 0.3) is 22.1 Å². The average Bonchev–Trinajstić information content (AvgIpc) is 2.84. The molecule has 0 N–H and O–H groups in total. The number of fused-ring (bicyclic) bond motifs is 1. The third kappa shape index (κ3) is 4.22. The number of hydrogen-bond donors (Lipinski definition) is 0. The van der Waals surface area contributed by atoms with E-state index in [1.54, 1.807) is 24.3 Å². The first-order chi connectivity index (χ1) is 16.4. The van der Waals surface area contributed by atoms with Gasteiger partial charge in [0.15, 0.2) is 11.5 Å². The zero-order valence-corrected chi connectivity index (χ0v) is 20.7. The highest BCUT2D eigenvalue weighted by molar-refractivity contribution is 9.10. The Morgan fingerprint density at radius 3 is 2.35 bits per heavy atom. The van der Waals surface area contributed by atoms with Crippen molar-refractivity contribution in [3.05, 3.63) is 80.1 Å². The van der Waals surface area contributed by atoms with E-state index in [0.717, 1.165) is 0 Å². The van der Waals surface area contributed by atoms with Crippen LogP contribution in [0.1, 0.15) is 10.4 Å². The number of hydrogen-bond acceptors (Lipinski definition) is 7. The predicted molar refractivity (Wildman–Crippen MR) is 132 cm³/mol. The lowest BCUT2D eigenvalue weighted by molar-refractivity contribution is 0.0733. The first-order valence-corrected chi connectivity index (χ1v) is 11.1. The maximum Gasteiger partial charge on any atom is 0.344 e. The monoisotopic (exact) mass is 544 g/mol. The van der Waals surface area contributed by atoms with Crippen LogP contribution in [0.2, 0.25) is 5.02 Å². The van der Waals surface area contributed by atoms with Gasteiger partial charge in [0.1, 0.15) is 17.6 Å². The van der Waals surface area contributed by atoms with Crippen LogP contribution in [0.5, 0.6) is 23.0 Å². The molecule has 9 heteroatoms. The van der Waals surface area contributed by atoms with Gasteiger partial charge in [-0.15, -0.1) is 0 Å². The zero-order chi connectivity index (χ0) is 24.4. The summed E-state index contributed by atoms with van der Waals surface area (Å²) >= 11 is 9.59. The molecule has 0 atom stereocenters. The third-order valence-corrected chi connectivity index (χ3v) is 6.23. The predicted octanol–water partition coefficient (Wildman–Crippen LogP) is 6.12. The molecule has 0 amide bonds. The number of carbonyl (C=O) groups is 1. The van der Waals surface area contributed by atoms with Gasteiger partial charge in [-0.05, 0) is 40.2 Å². The first-order valence-electron chi connectivity index (χ1n) is 9.90. The fourth-order valence-electron chi connectivity index (χ4n) is 3.47. The van der Waals surface area contributed by atoms with Crippen LogP contribution in [-0.2, 0) is 0 Å². The fourth-order valence-corrected chi connectivity index (χ4v) is 4.33. The quantitative estimate of drug-likeness (QED) is 0.213. The molecule has 1 aromatic heterocycles. The van der Waals surface area contributed by atoms with Gasteiger partial charge in [0.2, 0.25) is 11.2 Å². The van der Waals surface area contributed by atoms with Gasteiger partial charge in [0, 0.05) is 16.7 Å². The standard InChI is InChI=1S/C25H18BrClO7/c1-30-20-11-16(21(26)24(32-3)23(20)31-2)25(29)34-13-8-9-15-19(10-13)33-12-17(22(15)28)14-6-4-5-7-18(14)27/h4-12H,1-3H3. The van der Waals surface area contributed by atoms with Gasteiger partial charge in [0.05, 0.1) is 42.3 Å². The second kappa shape index (κ2) is 9.79. The maximum absolute atomic E-state index is 13.0. The van der Waals surface area contributed by atoms with E-state index in [4.69, 9.17) is 35.0 Å². The van der Waals surface area contributed by atoms with Crippen LogP contribution in [0.15, 0.2) is 68.5 Å². The molecule has 4 aromatic rings. The largest absolute Gasteiger partial charge is 0.493 e. The third-order valence-electron chi connectivity index (χ3n) is 5.11. The van der Waals surface area contributed by atoms with Crippen LogP contribution in [0, 0.1) is 0 Å². The molecule has 4 rings (SSSR count). The van der Waals surface area contributed by atoms with E-state index >= 15 is 0 Å². The van der Waals surface area contributed by atoms with Gasteiger partial charge in [-0.2, -0.15) is 0 Å². The average molecular weight is 546 g/mol. The summed E-state index contributed by atoms with van der Waals surface area (Å²) in [5.41, 5.74) is 1.08. The molecule has 0 aliphatic carbocycles. The number of esters is 1. The molecule has 0 unspecified atom stereocenters. The number of benzene rings is 3. The van der Waals surface area contributed by atoms with Crippen molar-refractivity contribution in [2.24, 2.45) is 0 Å². The van der Waals surface area contributed by atoms with Crippen LogP contribution in [0.3, 0.4) is 0 Å². The zero-order valence-electron chi connectivity index (χ0n) is 18.3. The summed E-state index contributed by atoms with van der Waals surface area (Å²) in [6, 6.07) is 13.0. The molecular formula is C25H18BrClO7. The minimum Gasteiger partial charge on any atom is -0.493 e. The molecule has 0 saturated carbocycles. The van der Waals surface area contributed by atoms with Gasteiger partial charge >= 0.3 is 5.97 Å². The van der Waals surface area contributed by atoms with Crippen LogP contribution < -0.4 is 24.4 Å². The van der Waals surface area contributed by atoms with Crippen molar-refractivity contribution in [3.8, 4) is 34.1 Å². The van der Waals surface area contributed by atoms with E-state index in [1.165, 1.54) is 51.9 Å². The van der Waals surface area contributed by atoms with E-state index in [0.29, 0.717) is 37.5 Å². The van der Waals surface area contributed by atoms with Crippen molar-refractivity contribution in [2.45, 2.75) is 0 Å². The maximum atomic E-state index is 13.0. The number of methoxy groups -OCH3 is 3. The summed E-state index contributed by atoms with van der Waals surface area (Å²) in [5, 5.41) is 0.766. The molecule has 0 radical (unpaired) electrons. The molecule has 0 fully saturated rings. The first kappa shape index (κ1) is 23.7. The van der Waals surface area contributed by atoms with Crippen molar-refractivity contribution >= 4 is 44.5 Å². The van der Waals surface area contributed by atoms with Gasteiger partial charge in [0.25, 0.3) is 0 Å². The van der Waals surface area contributed by atoms with E-state index < -0.39 is 5.97 Å². The van der Waals surface area contributed by atoms with Crippen molar-refractivity contribution in [1.82, 2.24) is 0 Å². The molecule has 7 nitrogen and oxygen atoms in total. The van der Waals surface area contributed by atoms with E-state index in [2.05, 4.69) is 15.9 Å². The van der Waals surface area contributed by atoms with E-state index in [-0.39, 0.29) is 28.1 Å². The Morgan fingerprint density at radius 1 is 0.941 bits per heavy atom. The molecule has 0 aliphatic heterocycles. The highest BCUT2D eigenvalue weighted by Gasteiger charge is 2.24. The van der Waals surface area contributed by atoms with Gasteiger partial charge < -0.3 is 23.4 Å². The molecule has 0 spiro atoms. The molecule has 174 valence electrons. The minimum absolute atomic E-state index is 0.158. The second-order valence-corrected chi connectivity index (χ2v) is 8.21. The summed E-state index contributed by atoms with van der Waals surface area (Å²) in [6.45, 7) is 0. The van der Waals surface area contributed by atoms with Gasteiger partial charge in [-0.25, -0.2) is 4.79 Å². The van der Waals surface area contributed by atoms with E-state index in [1.807, 2.05) is 0 Å². The summed E-state index contributed by atoms with van der Waals surface area (Å²) in [6.07, 6.45) is 1.34. The molecular weight excluding hydrogens is 528 g/mol. The Kier molecular flexibility index (Phi) is 6.81. The number of ether oxygens (including phenoxy) is 4. The highest BCUT2D eigenvalue weighted by Crippen LogP contribution is 2.45. The molecule has 0 aliphatic rings. The lowest BCUT2D eigenvalue weighted by Crippen LogP contribution is -2.11. The lowest BCUT2D eigenvalue weighted by Gasteiger charge is -2.16. The Morgan fingerprint density at radius 2 is 1.68 bits per heavy atom. The van der Waals surface area contributed by atoms with Crippen LogP contribution in [-0.4, -0.2) is 27.3 Å². The molecule has 0 bridgehead atoms. The Bertz CT molecular complexity index is 1460. The fraction of sp³-hybridized carbons (Fsp3) is 0.120. The molecule has 1 heterocycles. The summed E-state index contributed by atoms with van der Waals surface area (Å²) in [7, 11) is 4.35. The van der Waals surface area contributed by atoms with E-state index in [9.17, 15) is 9.59 Å². The molecule has 34 heavy (non-hydrogen) atoms. The van der Waals surface area contributed by atoms with Crippen molar-refractivity contribution in [1.29, 1.82) is 0 Å². The topological polar surface area (TPSA) is 84.2 Å².